The van der Waals surface area contributed by atoms with Gasteiger partial charge in [0.1, 0.15) is 18.5 Å². The molecule has 1 saturated heterocycles. The number of anilines is 2. The first-order chi connectivity index (χ1) is 16.4. The van der Waals surface area contributed by atoms with Crippen molar-refractivity contribution in [1.29, 1.82) is 0 Å². The van der Waals surface area contributed by atoms with Gasteiger partial charge in [0.25, 0.3) is 5.91 Å². The van der Waals surface area contributed by atoms with E-state index in [4.69, 9.17) is 9.47 Å². The van der Waals surface area contributed by atoms with Gasteiger partial charge in [0.05, 0.1) is 24.1 Å². The first-order valence-electron chi connectivity index (χ1n) is 11.8. The van der Waals surface area contributed by atoms with Crippen LogP contribution in [-0.2, 0) is 14.3 Å². The van der Waals surface area contributed by atoms with Crippen LogP contribution in [0.3, 0.4) is 0 Å². The molecule has 2 heterocycles. The maximum absolute atomic E-state index is 13.3. The normalized spacial score (nSPS) is 21.9. The van der Waals surface area contributed by atoms with Crippen molar-refractivity contribution in [3.8, 4) is 5.75 Å². The second-order valence-corrected chi connectivity index (χ2v) is 8.80. The lowest BCUT2D eigenvalue weighted by Crippen LogP contribution is -2.53. The summed E-state index contributed by atoms with van der Waals surface area (Å²) in [7, 11) is 1.77. The zero-order chi connectivity index (χ0) is 24.1. The molecule has 2 N–H and O–H groups in total. The van der Waals surface area contributed by atoms with Gasteiger partial charge in [-0.25, -0.2) is 0 Å². The van der Waals surface area contributed by atoms with Crippen molar-refractivity contribution in [2.45, 2.75) is 57.3 Å². The van der Waals surface area contributed by atoms with E-state index in [1.165, 1.54) is 0 Å². The summed E-state index contributed by atoms with van der Waals surface area (Å²) in [5.41, 5.74) is 1.74. The molecule has 0 unspecified atom stereocenters. The van der Waals surface area contributed by atoms with Gasteiger partial charge in [0, 0.05) is 24.8 Å². The molecule has 0 bridgehead atoms. The molecule has 0 spiro atoms. The van der Waals surface area contributed by atoms with Crippen molar-refractivity contribution in [3.05, 3.63) is 54.1 Å². The Hall–Kier alpha value is -3.39. The molecule has 0 aliphatic carbocycles. The lowest BCUT2D eigenvalue weighted by atomic mass is 9.94. The Balaban J connectivity index is 1.42. The predicted molar refractivity (Wildman–Crippen MR) is 129 cm³/mol. The van der Waals surface area contributed by atoms with E-state index in [0.29, 0.717) is 36.3 Å². The van der Waals surface area contributed by atoms with Crippen LogP contribution in [0.1, 0.15) is 49.4 Å². The number of nitrogens with zero attached hydrogens (tertiary/aromatic N) is 1. The highest BCUT2D eigenvalue weighted by molar-refractivity contribution is 5.99. The number of para-hydroxylation sites is 1. The summed E-state index contributed by atoms with van der Waals surface area (Å²) < 4.78 is 12.2. The van der Waals surface area contributed by atoms with E-state index in [1.54, 1.807) is 30.1 Å². The number of hydrogen-bond acceptors (Lipinski definition) is 5. The summed E-state index contributed by atoms with van der Waals surface area (Å²) in [5, 5.41) is 5.73. The quantitative estimate of drug-likeness (QED) is 0.676. The van der Waals surface area contributed by atoms with Crippen LogP contribution in [0.15, 0.2) is 48.5 Å². The Kier molecular flexibility index (Phi) is 7.47. The first-order valence-corrected chi connectivity index (χ1v) is 11.8. The number of hydrogen-bond donors (Lipinski definition) is 2. The lowest BCUT2D eigenvalue weighted by Gasteiger charge is -2.42. The van der Waals surface area contributed by atoms with Crippen LogP contribution in [0.25, 0.3) is 0 Å². The van der Waals surface area contributed by atoms with Gasteiger partial charge in [0.15, 0.2) is 0 Å². The fourth-order valence-electron chi connectivity index (χ4n) is 4.50. The van der Waals surface area contributed by atoms with Gasteiger partial charge in [0.2, 0.25) is 11.8 Å². The van der Waals surface area contributed by atoms with E-state index in [-0.39, 0.29) is 49.0 Å². The van der Waals surface area contributed by atoms with Crippen LogP contribution in [0, 0.1) is 0 Å². The molecular weight excluding hydrogens is 434 g/mol. The molecule has 0 aromatic heterocycles. The minimum Gasteiger partial charge on any atom is -0.490 e. The lowest BCUT2D eigenvalue weighted by molar-refractivity contribution is -0.130. The third-order valence-electron chi connectivity index (χ3n) is 6.24. The number of carbonyl (C=O) groups excluding carboxylic acids is 3. The second kappa shape index (κ2) is 10.7. The number of amides is 3. The Morgan fingerprint density at radius 3 is 2.56 bits per heavy atom. The Morgan fingerprint density at radius 2 is 1.79 bits per heavy atom. The molecule has 1 fully saturated rings. The number of rotatable bonds is 6. The molecule has 2 aromatic carbocycles. The molecule has 180 valence electrons. The summed E-state index contributed by atoms with van der Waals surface area (Å²) in [6, 6.07) is 14.3. The molecule has 0 saturated carbocycles. The van der Waals surface area contributed by atoms with Crippen molar-refractivity contribution in [2.24, 2.45) is 0 Å². The fourth-order valence-corrected chi connectivity index (χ4v) is 4.50. The Morgan fingerprint density at radius 1 is 1.03 bits per heavy atom. The van der Waals surface area contributed by atoms with Crippen LogP contribution in [0.4, 0.5) is 11.4 Å². The van der Waals surface area contributed by atoms with E-state index >= 15 is 0 Å². The number of fused-ring (bicyclic) bond motifs is 2. The summed E-state index contributed by atoms with van der Waals surface area (Å²) >= 11 is 0. The zero-order valence-electron chi connectivity index (χ0n) is 19.6. The SMILES string of the molecule is CCCC(=O)Nc1ccc2c(c1)C(=O)N(C)[C@H]1CC[C@H](CC(=O)Nc3ccccc3)O[C@H]1CO2. The molecule has 2 aliphatic rings. The summed E-state index contributed by atoms with van der Waals surface area (Å²) in [4.78, 5) is 39.4. The highest BCUT2D eigenvalue weighted by Crippen LogP contribution is 2.32. The molecule has 2 aromatic rings. The van der Waals surface area contributed by atoms with Gasteiger partial charge in [-0.3, -0.25) is 14.4 Å². The smallest absolute Gasteiger partial charge is 0.257 e. The van der Waals surface area contributed by atoms with Gasteiger partial charge in [-0.2, -0.15) is 0 Å². The Labute approximate surface area is 199 Å². The van der Waals surface area contributed by atoms with Crippen molar-refractivity contribution in [1.82, 2.24) is 4.90 Å². The van der Waals surface area contributed by atoms with Gasteiger partial charge in [-0.15, -0.1) is 0 Å². The summed E-state index contributed by atoms with van der Waals surface area (Å²) in [6.07, 6.45) is 2.21. The minimum atomic E-state index is -0.339. The highest BCUT2D eigenvalue weighted by atomic mass is 16.5. The minimum absolute atomic E-state index is 0.0851. The Bertz CT molecular complexity index is 1040. The number of ether oxygens (including phenoxy) is 2. The highest BCUT2D eigenvalue weighted by Gasteiger charge is 2.39. The molecule has 8 nitrogen and oxygen atoms in total. The van der Waals surface area contributed by atoms with Crippen LogP contribution in [0.2, 0.25) is 0 Å². The van der Waals surface area contributed by atoms with Crippen LogP contribution in [0.5, 0.6) is 5.75 Å². The van der Waals surface area contributed by atoms with E-state index in [9.17, 15) is 14.4 Å². The zero-order valence-corrected chi connectivity index (χ0v) is 19.6. The molecular formula is C26H31N3O5. The predicted octanol–water partition coefficient (Wildman–Crippen LogP) is 3.83. The first kappa shape index (κ1) is 23.8. The van der Waals surface area contributed by atoms with Crippen molar-refractivity contribution in [3.63, 3.8) is 0 Å². The second-order valence-electron chi connectivity index (χ2n) is 8.80. The van der Waals surface area contributed by atoms with Crippen molar-refractivity contribution in [2.75, 3.05) is 24.3 Å². The van der Waals surface area contributed by atoms with Gasteiger partial charge in [-0.05, 0) is 49.6 Å². The monoisotopic (exact) mass is 465 g/mol. The topological polar surface area (TPSA) is 97.0 Å². The van der Waals surface area contributed by atoms with Gasteiger partial charge in [-0.1, -0.05) is 25.1 Å². The fraction of sp³-hybridized carbons (Fsp3) is 0.423. The number of benzene rings is 2. The molecule has 8 heteroatoms. The van der Waals surface area contributed by atoms with Crippen molar-refractivity contribution < 1.29 is 23.9 Å². The number of carbonyl (C=O) groups is 3. The summed E-state index contributed by atoms with van der Waals surface area (Å²) in [6.45, 7) is 2.21. The van der Waals surface area contributed by atoms with Gasteiger partial charge < -0.3 is 25.0 Å². The average Bonchev–Trinajstić information content (AvgIpc) is 2.82. The van der Waals surface area contributed by atoms with E-state index in [2.05, 4.69) is 10.6 Å². The molecule has 3 amide bonds. The molecule has 4 rings (SSSR count). The third kappa shape index (κ3) is 5.56. The molecule has 34 heavy (non-hydrogen) atoms. The number of nitrogens with one attached hydrogen (secondary N) is 2. The molecule has 0 radical (unpaired) electrons. The standard InChI is InChI=1S/C26H31N3O5/c1-3-7-24(30)28-18-10-13-22-20(14-18)26(32)29(2)21-12-11-19(34-23(21)16-33-22)15-25(31)27-17-8-5-4-6-9-17/h4-6,8-10,13-14,19,21,23H,3,7,11-12,15-16H2,1-2H3,(H,27,31)(H,28,30)/t19-,21+,23+/m1/s1. The average molecular weight is 466 g/mol. The third-order valence-corrected chi connectivity index (χ3v) is 6.24. The molecule has 2 aliphatic heterocycles. The summed E-state index contributed by atoms with van der Waals surface area (Å²) in [5.74, 6) is 0.0865. The van der Waals surface area contributed by atoms with E-state index in [0.717, 1.165) is 12.1 Å². The van der Waals surface area contributed by atoms with Crippen LogP contribution >= 0.6 is 0 Å². The van der Waals surface area contributed by atoms with E-state index < -0.39 is 0 Å². The van der Waals surface area contributed by atoms with Crippen LogP contribution < -0.4 is 15.4 Å². The maximum atomic E-state index is 13.3. The van der Waals surface area contributed by atoms with E-state index in [1.807, 2.05) is 37.3 Å². The van der Waals surface area contributed by atoms with Crippen molar-refractivity contribution >= 4 is 29.1 Å². The van der Waals surface area contributed by atoms with Crippen LogP contribution in [-0.4, -0.2) is 54.5 Å². The number of likely N-dealkylation sites (N-methyl/N-ethyl adjacent to an activating group) is 1. The van der Waals surface area contributed by atoms with Gasteiger partial charge >= 0.3 is 0 Å². The molecule has 3 atom stereocenters. The maximum Gasteiger partial charge on any atom is 0.257 e. The largest absolute Gasteiger partial charge is 0.490 e.